The minimum absolute atomic E-state index is 0.00875. The van der Waals surface area contributed by atoms with E-state index < -0.39 is 5.97 Å². The molecule has 5 heteroatoms. The van der Waals surface area contributed by atoms with E-state index in [1.165, 1.54) is 0 Å². The first kappa shape index (κ1) is 12.8. The predicted molar refractivity (Wildman–Crippen MR) is 65.1 cm³/mol. The lowest BCUT2D eigenvalue weighted by Crippen LogP contribution is -2.27. The van der Waals surface area contributed by atoms with Gasteiger partial charge in [0.1, 0.15) is 11.7 Å². The molecule has 0 saturated carbocycles. The van der Waals surface area contributed by atoms with Crippen molar-refractivity contribution in [2.75, 3.05) is 13.2 Å². The molecule has 1 saturated heterocycles. The van der Waals surface area contributed by atoms with Crippen LogP contribution in [0.5, 0.6) is 5.88 Å². The summed E-state index contributed by atoms with van der Waals surface area (Å²) in [6.07, 6.45) is 1.53. The SMILES string of the molecule is Cc1cc(C)c(C(=O)O)c(OC2CCOCC2)n1. The molecule has 2 heterocycles. The van der Waals surface area contributed by atoms with Crippen LogP contribution in [0.15, 0.2) is 6.07 Å². The number of hydrogen-bond acceptors (Lipinski definition) is 4. The Balaban J connectivity index is 2.27. The second kappa shape index (κ2) is 5.35. The van der Waals surface area contributed by atoms with Gasteiger partial charge in [-0.2, -0.15) is 0 Å². The van der Waals surface area contributed by atoms with Gasteiger partial charge < -0.3 is 14.6 Å². The molecule has 1 fully saturated rings. The number of aryl methyl sites for hydroxylation is 2. The van der Waals surface area contributed by atoms with Crippen molar-refractivity contribution in [3.63, 3.8) is 0 Å². The van der Waals surface area contributed by atoms with E-state index in [4.69, 9.17) is 9.47 Å². The third-order valence-electron chi connectivity index (χ3n) is 2.97. The zero-order valence-corrected chi connectivity index (χ0v) is 10.6. The van der Waals surface area contributed by atoms with E-state index in [1.54, 1.807) is 13.0 Å². The van der Waals surface area contributed by atoms with Gasteiger partial charge >= 0.3 is 5.97 Å². The Morgan fingerprint density at radius 1 is 1.44 bits per heavy atom. The summed E-state index contributed by atoms with van der Waals surface area (Å²) in [6.45, 7) is 4.89. The first-order chi connectivity index (χ1) is 8.58. The molecule has 0 aliphatic carbocycles. The Labute approximate surface area is 106 Å². The molecule has 5 nitrogen and oxygen atoms in total. The number of aromatic nitrogens is 1. The lowest BCUT2D eigenvalue weighted by Gasteiger charge is -2.23. The van der Waals surface area contributed by atoms with Crippen LogP contribution in [0.1, 0.15) is 34.5 Å². The standard InChI is InChI=1S/C13H17NO4/c1-8-7-9(2)14-12(11(8)13(15)16)18-10-3-5-17-6-4-10/h7,10H,3-6H2,1-2H3,(H,15,16). The van der Waals surface area contributed by atoms with E-state index in [9.17, 15) is 9.90 Å². The van der Waals surface area contributed by atoms with Gasteiger partial charge in [0, 0.05) is 18.5 Å². The quantitative estimate of drug-likeness (QED) is 0.889. The molecule has 98 valence electrons. The predicted octanol–water partition coefficient (Wildman–Crippen LogP) is 1.95. The maximum absolute atomic E-state index is 11.3. The Bertz CT molecular complexity index is 453. The fourth-order valence-electron chi connectivity index (χ4n) is 2.10. The van der Waals surface area contributed by atoms with Gasteiger partial charge in [0.15, 0.2) is 0 Å². The summed E-state index contributed by atoms with van der Waals surface area (Å²) in [6, 6.07) is 1.75. The molecule has 1 N–H and O–H groups in total. The van der Waals surface area contributed by atoms with Crippen LogP contribution in [0.25, 0.3) is 0 Å². The van der Waals surface area contributed by atoms with Crippen LogP contribution < -0.4 is 4.74 Å². The molecule has 0 radical (unpaired) electrons. The number of carboxylic acids is 1. The maximum Gasteiger partial charge on any atom is 0.341 e. The van der Waals surface area contributed by atoms with Crippen LogP contribution >= 0.6 is 0 Å². The van der Waals surface area contributed by atoms with Crippen molar-refractivity contribution < 1.29 is 19.4 Å². The summed E-state index contributed by atoms with van der Waals surface area (Å²) in [5.41, 5.74) is 1.60. The second-order valence-electron chi connectivity index (χ2n) is 4.50. The van der Waals surface area contributed by atoms with E-state index in [2.05, 4.69) is 4.98 Å². The second-order valence-corrected chi connectivity index (χ2v) is 4.50. The molecule has 0 aromatic carbocycles. The van der Waals surface area contributed by atoms with Crippen LogP contribution in [0.2, 0.25) is 0 Å². The lowest BCUT2D eigenvalue weighted by atomic mass is 10.1. The zero-order valence-electron chi connectivity index (χ0n) is 10.6. The first-order valence-corrected chi connectivity index (χ1v) is 6.04. The van der Waals surface area contributed by atoms with Crippen molar-refractivity contribution in [2.45, 2.75) is 32.8 Å². The maximum atomic E-state index is 11.3. The largest absolute Gasteiger partial charge is 0.477 e. The van der Waals surface area contributed by atoms with Gasteiger partial charge in [0.05, 0.1) is 13.2 Å². The highest BCUT2D eigenvalue weighted by Gasteiger charge is 2.22. The summed E-state index contributed by atoms with van der Waals surface area (Å²) in [4.78, 5) is 15.5. The highest BCUT2D eigenvalue weighted by molar-refractivity contribution is 5.91. The van der Waals surface area contributed by atoms with E-state index in [0.29, 0.717) is 18.8 Å². The highest BCUT2D eigenvalue weighted by Crippen LogP contribution is 2.24. The summed E-state index contributed by atoms with van der Waals surface area (Å²) < 4.78 is 11.0. The van der Waals surface area contributed by atoms with Crippen molar-refractivity contribution in [3.8, 4) is 5.88 Å². The van der Waals surface area contributed by atoms with E-state index in [-0.39, 0.29) is 17.5 Å². The minimum atomic E-state index is -0.998. The van der Waals surface area contributed by atoms with Crippen LogP contribution in [0.3, 0.4) is 0 Å². The Morgan fingerprint density at radius 2 is 2.11 bits per heavy atom. The van der Waals surface area contributed by atoms with E-state index >= 15 is 0 Å². The lowest BCUT2D eigenvalue weighted by molar-refractivity contribution is 0.0229. The number of ether oxygens (including phenoxy) is 2. The van der Waals surface area contributed by atoms with Gasteiger partial charge in [-0.05, 0) is 25.5 Å². The summed E-state index contributed by atoms with van der Waals surface area (Å²) in [7, 11) is 0. The minimum Gasteiger partial charge on any atom is -0.477 e. The zero-order chi connectivity index (χ0) is 13.1. The molecule has 0 amide bonds. The van der Waals surface area contributed by atoms with Crippen LogP contribution in [-0.2, 0) is 4.74 Å². The molecule has 18 heavy (non-hydrogen) atoms. The smallest absolute Gasteiger partial charge is 0.341 e. The van der Waals surface area contributed by atoms with Crippen molar-refractivity contribution in [1.82, 2.24) is 4.98 Å². The normalized spacial score (nSPS) is 16.6. The van der Waals surface area contributed by atoms with Gasteiger partial charge in [0.25, 0.3) is 0 Å². The molecule has 0 atom stereocenters. The van der Waals surface area contributed by atoms with E-state index in [0.717, 1.165) is 18.5 Å². The monoisotopic (exact) mass is 251 g/mol. The molecule has 1 aromatic heterocycles. The molecule has 0 unspecified atom stereocenters. The van der Waals surface area contributed by atoms with Crippen molar-refractivity contribution in [2.24, 2.45) is 0 Å². The van der Waals surface area contributed by atoms with Gasteiger partial charge in [0.2, 0.25) is 5.88 Å². The van der Waals surface area contributed by atoms with Crippen molar-refractivity contribution >= 4 is 5.97 Å². The average Bonchev–Trinajstić information content (AvgIpc) is 2.28. The number of aromatic carboxylic acids is 1. The third kappa shape index (κ3) is 2.79. The number of hydrogen-bond donors (Lipinski definition) is 1. The number of rotatable bonds is 3. The first-order valence-electron chi connectivity index (χ1n) is 6.04. The number of nitrogens with zero attached hydrogens (tertiary/aromatic N) is 1. The summed E-state index contributed by atoms with van der Waals surface area (Å²) >= 11 is 0. The van der Waals surface area contributed by atoms with Crippen molar-refractivity contribution in [3.05, 3.63) is 22.9 Å². The molecule has 0 spiro atoms. The Kier molecular flexibility index (Phi) is 3.81. The molecule has 2 rings (SSSR count). The van der Waals surface area contributed by atoms with Crippen molar-refractivity contribution in [1.29, 1.82) is 0 Å². The molecule has 0 bridgehead atoms. The fraction of sp³-hybridized carbons (Fsp3) is 0.538. The Morgan fingerprint density at radius 3 is 2.72 bits per heavy atom. The van der Waals surface area contributed by atoms with Gasteiger partial charge in [-0.25, -0.2) is 9.78 Å². The topological polar surface area (TPSA) is 68.7 Å². The number of pyridine rings is 1. The molecule has 1 aliphatic rings. The number of carboxylic acid groups (broad SMARTS) is 1. The van der Waals surface area contributed by atoms with Crippen LogP contribution in [-0.4, -0.2) is 35.4 Å². The van der Waals surface area contributed by atoms with Gasteiger partial charge in [-0.1, -0.05) is 0 Å². The fourth-order valence-corrected chi connectivity index (χ4v) is 2.10. The van der Waals surface area contributed by atoms with E-state index in [1.807, 2.05) is 6.92 Å². The third-order valence-corrected chi connectivity index (χ3v) is 2.97. The number of carbonyl (C=O) groups is 1. The molecular weight excluding hydrogens is 234 g/mol. The Hall–Kier alpha value is -1.62. The summed E-state index contributed by atoms with van der Waals surface area (Å²) in [5, 5.41) is 9.22. The average molecular weight is 251 g/mol. The molecule has 1 aliphatic heterocycles. The van der Waals surface area contributed by atoms with Crippen LogP contribution in [0.4, 0.5) is 0 Å². The molecular formula is C13H17NO4. The van der Waals surface area contributed by atoms with Crippen LogP contribution in [0, 0.1) is 13.8 Å². The molecule has 1 aromatic rings. The highest BCUT2D eigenvalue weighted by atomic mass is 16.5. The summed E-state index contributed by atoms with van der Waals surface area (Å²) in [5.74, 6) is -0.769. The van der Waals surface area contributed by atoms with Gasteiger partial charge in [-0.3, -0.25) is 0 Å². The van der Waals surface area contributed by atoms with Gasteiger partial charge in [-0.15, -0.1) is 0 Å².